The number of nitrogens with zero attached hydrogens (tertiary/aromatic N) is 1. The van der Waals surface area contributed by atoms with E-state index >= 15 is 0 Å². The van der Waals surface area contributed by atoms with Crippen molar-refractivity contribution >= 4 is 11.6 Å². The number of fused-ring (bicyclic) bond motifs is 1. The van der Waals surface area contributed by atoms with Gasteiger partial charge in [0.25, 0.3) is 11.8 Å². The zero-order valence-corrected chi connectivity index (χ0v) is 9.95. The largest absolute Gasteiger partial charge is 0.482 e. The summed E-state index contributed by atoms with van der Waals surface area (Å²) >= 11 is 0. The lowest BCUT2D eigenvalue weighted by Crippen LogP contribution is -2.35. The highest BCUT2D eigenvalue weighted by molar-refractivity contribution is 5.97. The minimum Gasteiger partial charge on any atom is -0.482 e. The van der Waals surface area contributed by atoms with Crippen molar-refractivity contribution in [1.29, 1.82) is 0 Å². The van der Waals surface area contributed by atoms with Crippen LogP contribution in [0.15, 0.2) is 18.2 Å². The molecule has 1 amide bonds. The number of hydrogen-bond donors (Lipinski definition) is 0. The summed E-state index contributed by atoms with van der Waals surface area (Å²) in [6.07, 6.45) is 1.13. The maximum atomic E-state index is 14.0. The molecule has 0 saturated heterocycles. The molecule has 96 valence electrons. The molecule has 0 bridgehead atoms. The summed E-state index contributed by atoms with van der Waals surface area (Å²) in [5.74, 6) is -3.11. The molecule has 5 heteroatoms. The van der Waals surface area contributed by atoms with Gasteiger partial charge in [0.1, 0.15) is 5.75 Å². The predicted molar refractivity (Wildman–Crippen MR) is 62.0 cm³/mol. The molecule has 1 heterocycles. The summed E-state index contributed by atoms with van der Waals surface area (Å²) < 4.78 is 33.2. The van der Waals surface area contributed by atoms with Crippen LogP contribution >= 0.6 is 0 Å². The molecule has 1 aliphatic carbocycles. The molecule has 0 radical (unpaired) electrons. The molecule has 18 heavy (non-hydrogen) atoms. The third-order valence-corrected chi connectivity index (χ3v) is 3.52. The Morgan fingerprint density at radius 1 is 1.39 bits per heavy atom. The van der Waals surface area contributed by atoms with Crippen LogP contribution in [0, 0.1) is 5.92 Å². The van der Waals surface area contributed by atoms with Gasteiger partial charge in [0.2, 0.25) is 0 Å². The van der Waals surface area contributed by atoms with E-state index < -0.39 is 11.8 Å². The van der Waals surface area contributed by atoms with Gasteiger partial charge in [-0.25, -0.2) is 8.78 Å². The molecule has 0 unspecified atom stereocenters. The standard InChI is InChI=1S/C13H13F2NO2/c1-16-10-6-9(13(14,15)8-2-3-8)4-5-11(10)18-7-12(16)17/h4-6,8H,2-3,7H2,1H3. The number of alkyl halides is 2. The van der Waals surface area contributed by atoms with E-state index in [-0.39, 0.29) is 18.1 Å². The van der Waals surface area contributed by atoms with Gasteiger partial charge in [0.05, 0.1) is 5.69 Å². The molecule has 1 fully saturated rings. The van der Waals surface area contributed by atoms with E-state index in [0.717, 1.165) is 0 Å². The van der Waals surface area contributed by atoms with Crippen molar-refractivity contribution in [3.63, 3.8) is 0 Å². The number of anilines is 1. The summed E-state index contributed by atoms with van der Waals surface area (Å²) in [6.45, 7) is -0.0398. The van der Waals surface area contributed by atoms with Crippen LogP contribution in [0.25, 0.3) is 0 Å². The second-order valence-electron chi connectivity index (χ2n) is 4.82. The molecule has 0 aromatic heterocycles. The number of benzene rings is 1. The molecule has 1 aromatic carbocycles. The average Bonchev–Trinajstić information content (AvgIpc) is 3.18. The van der Waals surface area contributed by atoms with E-state index in [9.17, 15) is 13.6 Å². The maximum Gasteiger partial charge on any atom is 0.276 e. The van der Waals surface area contributed by atoms with Gasteiger partial charge in [-0.05, 0) is 31.0 Å². The minimum absolute atomic E-state index is 0.0334. The fourth-order valence-corrected chi connectivity index (χ4v) is 2.16. The quantitative estimate of drug-likeness (QED) is 0.810. The van der Waals surface area contributed by atoms with Gasteiger partial charge >= 0.3 is 0 Å². The van der Waals surface area contributed by atoms with Crippen LogP contribution in [0.2, 0.25) is 0 Å². The fraction of sp³-hybridized carbons (Fsp3) is 0.462. The SMILES string of the molecule is CN1C(=O)COc2ccc(C(F)(F)C3CC3)cc21. The second-order valence-corrected chi connectivity index (χ2v) is 4.82. The zero-order valence-electron chi connectivity index (χ0n) is 9.95. The smallest absolute Gasteiger partial charge is 0.276 e. The number of carbonyl (C=O) groups is 1. The summed E-state index contributed by atoms with van der Waals surface area (Å²) in [7, 11) is 1.57. The molecule has 0 N–H and O–H groups in total. The predicted octanol–water partition coefficient (Wildman–Crippen LogP) is 2.54. The van der Waals surface area contributed by atoms with E-state index in [1.807, 2.05) is 0 Å². The number of rotatable bonds is 2. The van der Waals surface area contributed by atoms with Gasteiger partial charge in [0, 0.05) is 18.5 Å². The van der Waals surface area contributed by atoms with Crippen LogP contribution in [0.3, 0.4) is 0 Å². The fourth-order valence-electron chi connectivity index (χ4n) is 2.16. The van der Waals surface area contributed by atoms with Crippen molar-refractivity contribution in [1.82, 2.24) is 0 Å². The Hall–Kier alpha value is -1.65. The van der Waals surface area contributed by atoms with Crippen molar-refractivity contribution in [3.8, 4) is 5.75 Å². The van der Waals surface area contributed by atoms with Crippen LogP contribution in [0.1, 0.15) is 18.4 Å². The first-order valence-corrected chi connectivity index (χ1v) is 5.92. The highest BCUT2D eigenvalue weighted by Gasteiger charge is 2.48. The van der Waals surface area contributed by atoms with Crippen LogP contribution < -0.4 is 9.64 Å². The monoisotopic (exact) mass is 253 g/mol. The van der Waals surface area contributed by atoms with Crippen LogP contribution in [0.4, 0.5) is 14.5 Å². The normalized spacial score (nSPS) is 19.5. The van der Waals surface area contributed by atoms with Gasteiger partial charge in [0.15, 0.2) is 6.61 Å². The molecular weight excluding hydrogens is 240 g/mol. The summed E-state index contributed by atoms with van der Waals surface area (Å²) in [5.41, 5.74) is 0.387. The molecule has 3 nitrogen and oxygen atoms in total. The van der Waals surface area contributed by atoms with Crippen molar-refractivity contribution in [2.45, 2.75) is 18.8 Å². The van der Waals surface area contributed by atoms with Gasteiger partial charge < -0.3 is 9.64 Å². The Morgan fingerprint density at radius 3 is 2.78 bits per heavy atom. The minimum atomic E-state index is -2.81. The third kappa shape index (κ3) is 1.65. The molecular formula is C13H13F2NO2. The van der Waals surface area contributed by atoms with Gasteiger partial charge in [-0.3, -0.25) is 4.79 Å². The summed E-state index contributed by atoms with van der Waals surface area (Å²) in [4.78, 5) is 12.8. The molecule has 0 atom stereocenters. The van der Waals surface area contributed by atoms with Crippen molar-refractivity contribution < 1.29 is 18.3 Å². The van der Waals surface area contributed by atoms with Crippen molar-refractivity contribution in [3.05, 3.63) is 23.8 Å². The summed E-state index contributed by atoms with van der Waals surface area (Å²) in [6, 6.07) is 4.27. The van der Waals surface area contributed by atoms with E-state index in [1.165, 1.54) is 23.1 Å². The molecule has 1 aliphatic heterocycles. The average molecular weight is 253 g/mol. The molecule has 1 saturated carbocycles. The Labute approximate surface area is 103 Å². The molecule has 2 aliphatic rings. The number of carbonyl (C=O) groups excluding carboxylic acids is 1. The van der Waals surface area contributed by atoms with Crippen molar-refractivity contribution in [2.24, 2.45) is 5.92 Å². The topological polar surface area (TPSA) is 29.5 Å². The maximum absolute atomic E-state index is 14.0. The zero-order chi connectivity index (χ0) is 12.9. The first kappa shape index (κ1) is 11.4. The Bertz CT molecular complexity index is 512. The van der Waals surface area contributed by atoms with Gasteiger partial charge in [-0.2, -0.15) is 0 Å². The van der Waals surface area contributed by atoms with E-state index in [2.05, 4.69) is 0 Å². The molecule has 3 rings (SSSR count). The first-order chi connectivity index (χ1) is 8.50. The Kier molecular flexibility index (Phi) is 2.33. The Balaban J connectivity index is 2.02. The lowest BCUT2D eigenvalue weighted by Gasteiger charge is -2.27. The van der Waals surface area contributed by atoms with E-state index in [1.54, 1.807) is 7.05 Å². The number of hydrogen-bond acceptors (Lipinski definition) is 2. The first-order valence-electron chi connectivity index (χ1n) is 5.92. The second kappa shape index (κ2) is 3.67. The lowest BCUT2D eigenvalue weighted by atomic mass is 10.0. The van der Waals surface area contributed by atoms with Crippen LogP contribution in [-0.4, -0.2) is 19.6 Å². The lowest BCUT2D eigenvalue weighted by molar-refractivity contribution is -0.121. The highest BCUT2D eigenvalue weighted by Crippen LogP contribution is 2.50. The van der Waals surface area contributed by atoms with Crippen LogP contribution in [-0.2, 0) is 10.7 Å². The third-order valence-electron chi connectivity index (χ3n) is 3.52. The highest BCUT2D eigenvalue weighted by atomic mass is 19.3. The van der Waals surface area contributed by atoms with Gasteiger partial charge in [-0.1, -0.05) is 0 Å². The number of ether oxygens (including phenoxy) is 1. The number of amides is 1. The summed E-state index contributed by atoms with van der Waals surface area (Å²) in [5, 5.41) is 0. The molecule has 0 spiro atoms. The van der Waals surface area contributed by atoms with Crippen LogP contribution in [0.5, 0.6) is 5.75 Å². The van der Waals surface area contributed by atoms with Crippen molar-refractivity contribution in [2.75, 3.05) is 18.6 Å². The molecule has 1 aromatic rings. The number of likely N-dealkylation sites (N-methyl/N-ethyl adjacent to an activating group) is 1. The van der Waals surface area contributed by atoms with E-state index in [0.29, 0.717) is 24.3 Å². The number of halogens is 2. The van der Waals surface area contributed by atoms with E-state index in [4.69, 9.17) is 4.74 Å². The Morgan fingerprint density at radius 2 is 2.11 bits per heavy atom. The van der Waals surface area contributed by atoms with Gasteiger partial charge in [-0.15, -0.1) is 0 Å².